The van der Waals surface area contributed by atoms with Gasteiger partial charge in [-0.15, -0.1) is 0 Å². The third kappa shape index (κ3) is 5.31. The van der Waals surface area contributed by atoms with Crippen LogP contribution in [0.1, 0.15) is 5.56 Å². The lowest BCUT2D eigenvalue weighted by Crippen LogP contribution is -2.50. The van der Waals surface area contributed by atoms with Gasteiger partial charge in [-0.2, -0.15) is 0 Å². The van der Waals surface area contributed by atoms with Gasteiger partial charge in [0.25, 0.3) is 0 Å². The van der Waals surface area contributed by atoms with Crippen molar-refractivity contribution in [3.05, 3.63) is 29.8 Å². The van der Waals surface area contributed by atoms with Gasteiger partial charge in [-0.3, -0.25) is 0 Å². The Hall–Kier alpha value is -1.03. The Balaban J connectivity index is 1.76. The first kappa shape index (κ1) is 17.3. The molecular weight excluding hydrogens is 306 g/mol. The summed E-state index contributed by atoms with van der Waals surface area (Å²) in [5.74, 6) is 0. The van der Waals surface area contributed by atoms with Crippen molar-refractivity contribution in [1.82, 2.24) is 10.6 Å². The highest BCUT2D eigenvalue weighted by atomic mass is 32.2. The largest absolute Gasteiger partial charge is 0.385 e. The third-order valence-corrected chi connectivity index (χ3v) is 4.47. The van der Waals surface area contributed by atoms with Crippen LogP contribution in [0.5, 0.6) is 0 Å². The van der Waals surface area contributed by atoms with Gasteiger partial charge < -0.3 is 20.5 Å². The summed E-state index contributed by atoms with van der Waals surface area (Å²) in [6, 6.07) is 6.49. The number of sulfonamides is 1. The Kier molecular flexibility index (Phi) is 5.90. The normalized spacial score (nSPS) is 23.2. The van der Waals surface area contributed by atoms with Gasteiger partial charge in [0.1, 0.15) is 5.60 Å². The Morgan fingerprint density at radius 3 is 2.77 bits per heavy atom. The number of rotatable bonds is 6. The molecule has 1 aliphatic rings. The molecular formula is C14H23N3O4S. The van der Waals surface area contributed by atoms with Crippen molar-refractivity contribution in [2.24, 2.45) is 5.14 Å². The minimum Gasteiger partial charge on any atom is -0.385 e. The van der Waals surface area contributed by atoms with Crippen LogP contribution < -0.4 is 15.8 Å². The molecule has 1 heterocycles. The maximum absolute atomic E-state index is 11.2. The van der Waals surface area contributed by atoms with Gasteiger partial charge in [0.2, 0.25) is 10.0 Å². The zero-order valence-electron chi connectivity index (χ0n) is 12.4. The second kappa shape index (κ2) is 7.49. The van der Waals surface area contributed by atoms with Crippen molar-refractivity contribution in [3.8, 4) is 0 Å². The fraction of sp³-hybridized carbons (Fsp3) is 0.571. The van der Waals surface area contributed by atoms with E-state index >= 15 is 0 Å². The number of nitrogens with two attached hydrogens (primary N) is 1. The lowest BCUT2D eigenvalue weighted by atomic mass is 10.1. The maximum Gasteiger partial charge on any atom is 0.238 e. The van der Waals surface area contributed by atoms with Crippen LogP contribution in [0, 0.1) is 0 Å². The molecule has 0 spiro atoms. The van der Waals surface area contributed by atoms with Crippen LogP contribution in [0.25, 0.3) is 0 Å². The molecule has 1 aromatic carbocycles. The number of β-amino-alcohol motifs (C(OH)–C–C–N with tert-alkyl or cyclic N) is 1. The van der Waals surface area contributed by atoms with E-state index in [-0.39, 0.29) is 4.90 Å². The molecule has 2 rings (SSSR count). The number of hydrogen-bond donors (Lipinski definition) is 4. The molecule has 0 aliphatic carbocycles. The van der Waals surface area contributed by atoms with E-state index in [1.54, 1.807) is 12.1 Å². The van der Waals surface area contributed by atoms with Crippen molar-refractivity contribution in [3.63, 3.8) is 0 Å². The summed E-state index contributed by atoms with van der Waals surface area (Å²) in [5, 5.41) is 21.7. The minimum atomic E-state index is -3.64. The van der Waals surface area contributed by atoms with E-state index in [4.69, 9.17) is 9.88 Å². The summed E-state index contributed by atoms with van der Waals surface area (Å²) in [5.41, 5.74) is 0.107. The quantitative estimate of drug-likeness (QED) is 0.489. The molecule has 1 aliphatic heterocycles. The van der Waals surface area contributed by atoms with Gasteiger partial charge in [0, 0.05) is 19.6 Å². The van der Waals surface area contributed by atoms with Gasteiger partial charge in [0.15, 0.2) is 0 Å². The van der Waals surface area contributed by atoms with Crippen molar-refractivity contribution in [2.45, 2.75) is 16.9 Å². The zero-order valence-corrected chi connectivity index (χ0v) is 13.2. The smallest absolute Gasteiger partial charge is 0.238 e. The summed E-state index contributed by atoms with van der Waals surface area (Å²) in [6.07, 6.45) is 0.731. The molecule has 0 radical (unpaired) electrons. The molecule has 124 valence electrons. The first-order chi connectivity index (χ1) is 10.4. The van der Waals surface area contributed by atoms with Crippen LogP contribution in [0.3, 0.4) is 0 Å². The highest BCUT2D eigenvalue weighted by Gasteiger charge is 2.28. The lowest BCUT2D eigenvalue weighted by molar-refractivity contribution is -0.0260. The molecule has 0 aromatic heterocycles. The SMILES string of the molecule is NS(=O)(=O)c1ccc(CCNCC2(O)CNCCOC2)cc1. The molecule has 1 fully saturated rings. The first-order valence-electron chi connectivity index (χ1n) is 7.22. The Bertz CT molecular complexity index is 566. The highest BCUT2D eigenvalue weighted by molar-refractivity contribution is 7.89. The van der Waals surface area contributed by atoms with Crippen LogP contribution in [0.15, 0.2) is 29.2 Å². The fourth-order valence-corrected chi connectivity index (χ4v) is 2.81. The molecule has 0 bridgehead atoms. The van der Waals surface area contributed by atoms with E-state index in [1.807, 2.05) is 0 Å². The van der Waals surface area contributed by atoms with Crippen LogP contribution >= 0.6 is 0 Å². The topological polar surface area (TPSA) is 114 Å². The lowest BCUT2D eigenvalue weighted by Gasteiger charge is -2.26. The second-order valence-corrected chi connectivity index (χ2v) is 7.13. The molecule has 0 saturated carbocycles. The summed E-state index contributed by atoms with van der Waals surface area (Å²) in [6.45, 7) is 3.29. The second-order valence-electron chi connectivity index (χ2n) is 5.57. The number of hydrogen-bond acceptors (Lipinski definition) is 6. The maximum atomic E-state index is 11.2. The molecule has 22 heavy (non-hydrogen) atoms. The van der Waals surface area contributed by atoms with Crippen LogP contribution in [0.2, 0.25) is 0 Å². The molecule has 5 N–H and O–H groups in total. The molecule has 1 aromatic rings. The Morgan fingerprint density at radius 2 is 2.09 bits per heavy atom. The van der Waals surface area contributed by atoms with Gasteiger partial charge in [0.05, 0.1) is 18.1 Å². The Morgan fingerprint density at radius 1 is 1.36 bits per heavy atom. The van der Waals surface area contributed by atoms with E-state index in [0.717, 1.165) is 18.5 Å². The highest BCUT2D eigenvalue weighted by Crippen LogP contribution is 2.09. The summed E-state index contributed by atoms with van der Waals surface area (Å²) in [7, 11) is -3.64. The van der Waals surface area contributed by atoms with Crippen molar-refractivity contribution < 1.29 is 18.3 Å². The van der Waals surface area contributed by atoms with E-state index in [2.05, 4.69) is 10.6 Å². The summed E-state index contributed by atoms with van der Waals surface area (Å²) in [4.78, 5) is 0.111. The van der Waals surface area contributed by atoms with Crippen molar-refractivity contribution in [2.75, 3.05) is 39.4 Å². The van der Waals surface area contributed by atoms with Crippen LogP contribution in [-0.4, -0.2) is 58.5 Å². The average Bonchev–Trinajstić information content (AvgIpc) is 2.68. The fourth-order valence-electron chi connectivity index (χ4n) is 2.29. The van der Waals surface area contributed by atoms with Crippen molar-refractivity contribution in [1.29, 1.82) is 0 Å². The summed E-state index contributed by atoms with van der Waals surface area (Å²) >= 11 is 0. The number of primary sulfonamides is 1. The molecule has 1 saturated heterocycles. The van der Waals surface area contributed by atoms with E-state index in [0.29, 0.717) is 32.8 Å². The van der Waals surface area contributed by atoms with Crippen molar-refractivity contribution >= 4 is 10.0 Å². The third-order valence-electron chi connectivity index (χ3n) is 3.54. The number of ether oxygens (including phenoxy) is 1. The Labute approximate surface area is 130 Å². The monoisotopic (exact) mass is 329 g/mol. The molecule has 7 nitrogen and oxygen atoms in total. The van der Waals surface area contributed by atoms with Gasteiger partial charge >= 0.3 is 0 Å². The van der Waals surface area contributed by atoms with Gasteiger partial charge in [-0.1, -0.05) is 12.1 Å². The predicted molar refractivity (Wildman–Crippen MR) is 83.0 cm³/mol. The van der Waals surface area contributed by atoms with Crippen LogP contribution in [-0.2, 0) is 21.2 Å². The zero-order chi connectivity index (χ0) is 16.1. The van der Waals surface area contributed by atoms with E-state index in [9.17, 15) is 13.5 Å². The summed E-state index contributed by atoms with van der Waals surface area (Å²) < 4.78 is 27.7. The molecule has 8 heteroatoms. The van der Waals surface area contributed by atoms with E-state index < -0.39 is 15.6 Å². The van der Waals surface area contributed by atoms with E-state index in [1.165, 1.54) is 12.1 Å². The standard InChI is InChI=1S/C14H23N3O4S/c15-22(19,20)13-3-1-12(2-4-13)5-6-16-9-14(18)10-17-7-8-21-11-14/h1-4,16-18H,5-11H2,(H2,15,19,20). The van der Waals surface area contributed by atoms with Crippen LogP contribution in [0.4, 0.5) is 0 Å². The number of nitrogens with one attached hydrogen (secondary N) is 2. The predicted octanol–water partition coefficient (Wildman–Crippen LogP) is -1.18. The number of benzene rings is 1. The average molecular weight is 329 g/mol. The van der Waals surface area contributed by atoms with Gasteiger partial charge in [-0.05, 0) is 30.7 Å². The molecule has 1 unspecified atom stereocenters. The molecule has 0 amide bonds. The first-order valence-corrected chi connectivity index (χ1v) is 8.77. The molecule has 1 atom stereocenters. The minimum absolute atomic E-state index is 0.111. The number of aliphatic hydroxyl groups is 1. The van der Waals surface area contributed by atoms with Gasteiger partial charge in [-0.25, -0.2) is 13.6 Å².